The highest BCUT2D eigenvalue weighted by Gasteiger charge is 2.39. The van der Waals surface area contributed by atoms with Gasteiger partial charge in [-0.1, -0.05) is 29.8 Å². The first-order valence-electron chi connectivity index (χ1n) is 10.6. The number of rotatable bonds is 6. The van der Waals surface area contributed by atoms with Gasteiger partial charge in [-0.25, -0.2) is 13.4 Å². The molecule has 1 aromatic heterocycles. The van der Waals surface area contributed by atoms with E-state index in [-0.39, 0.29) is 16.9 Å². The Morgan fingerprint density at radius 1 is 1.10 bits per heavy atom. The molecule has 30 heavy (non-hydrogen) atoms. The lowest BCUT2D eigenvalue weighted by atomic mass is 9.96. The van der Waals surface area contributed by atoms with E-state index in [0.717, 1.165) is 18.4 Å². The van der Waals surface area contributed by atoms with Crippen molar-refractivity contribution in [2.75, 3.05) is 13.1 Å². The Kier molecular flexibility index (Phi) is 5.72. The van der Waals surface area contributed by atoms with Crippen molar-refractivity contribution in [3.8, 4) is 0 Å². The van der Waals surface area contributed by atoms with E-state index in [1.807, 2.05) is 4.90 Å². The quantitative estimate of drug-likeness (QED) is 0.706. The predicted octanol–water partition coefficient (Wildman–Crippen LogP) is 2.63. The SMILES string of the molecule is Cc1ccc(CN(C(=O)C2CCN(S(=O)(=O)c3cn(C)c(C)n3)CC2)C2CC2)cc1. The molecule has 8 heteroatoms. The third-order valence-electron chi connectivity index (χ3n) is 6.24. The second-order valence-electron chi connectivity index (χ2n) is 8.60. The summed E-state index contributed by atoms with van der Waals surface area (Å²) >= 11 is 0. The van der Waals surface area contributed by atoms with Gasteiger partial charge in [0.15, 0.2) is 5.03 Å². The number of nitrogens with zero attached hydrogens (tertiary/aromatic N) is 4. The minimum Gasteiger partial charge on any atom is -0.337 e. The number of sulfonamides is 1. The fourth-order valence-electron chi connectivity index (χ4n) is 4.02. The summed E-state index contributed by atoms with van der Waals surface area (Å²) in [7, 11) is -1.83. The van der Waals surface area contributed by atoms with Crippen LogP contribution in [-0.4, -0.2) is 52.2 Å². The Morgan fingerprint density at radius 3 is 2.27 bits per heavy atom. The highest BCUT2D eigenvalue weighted by atomic mass is 32.2. The molecule has 2 aliphatic rings. The second kappa shape index (κ2) is 8.15. The third kappa shape index (κ3) is 4.30. The van der Waals surface area contributed by atoms with Crippen LogP contribution in [0, 0.1) is 19.8 Å². The van der Waals surface area contributed by atoms with Crippen molar-refractivity contribution < 1.29 is 13.2 Å². The average molecular weight is 431 g/mol. The van der Waals surface area contributed by atoms with Crippen LogP contribution in [0.1, 0.15) is 42.6 Å². The Labute approximate surface area is 178 Å². The van der Waals surface area contributed by atoms with Crippen LogP contribution in [0.4, 0.5) is 0 Å². The van der Waals surface area contributed by atoms with Gasteiger partial charge in [0.05, 0.1) is 0 Å². The molecule has 2 aromatic rings. The zero-order valence-corrected chi connectivity index (χ0v) is 18.7. The molecular formula is C22H30N4O3S. The maximum atomic E-state index is 13.3. The number of carbonyl (C=O) groups excluding carboxylic acids is 1. The van der Waals surface area contributed by atoms with E-state index in [9.17, 15) is 13.2 Å². The summed E-state index contributed by atoms with van der Waals surface area (Å²) in [5.74, 6) is 0.714. The minimum absolute atomic E-state index is 0.0891. The normalized spacial score (nSPS) is 18.5. The van der Waals surface area contributed by atoms with Crippen LogP contribution in [-0.2, 0) is 28.4 Å². The molecule has 0 bridgehead atoms. The molecule has 1 saturated heterocycles. The predicted molar refractivity (Wildman–Crippen MR) is 114 cm³/mol. The van der Waals surface area contributed by atoms with Gasteiger partial charge < -0.3 is 9.47 Å². The van der Waals surface area contributed by atoms with Gasteiger partial charge in [0.2, 0.25) is 5.91 Å². The number of imidazole rings is 1. The topological polar surface area (TPSA) is 75.5 Å². The number of aryl methyl sites for hydroxylation is 3. The molecule has 4 rings (SSSR count). The van der Waals surface area contributed by atoms with E-state index in [1.54, 1.807) is 24.7 Å². The Balaban J connectivity index is 1.41. The van der Waals surface area contributed by atoms with E-state index in [0.29, 0.717) is 44.3 Å². The largest absolute Gasteiger partial charge is 0.337 e. The molecule has 1 aliphatic carbocycles. The fraction of sp³-hybridized carbons (Fsp3) is 0.545. The molecule has 2 fully saturated rings. The van der Waals surface area contributed by atoms with E-state index in [1.165, 1.54) is 9.87 Å². The van der Waals surface area contributed by atoms with Gasteiger partial charge in [-0.15, -0.1) is 0 Å². The molecule has 162 valence electrons. The monoisotopic (exact) mass is 430 g/mol. The summed E-state index contributed by atoms with van der Waals surface area (Å²) in [6, 6.07) is 8.66. The van der Waals surface area contributed by atoms with Gasteiger partial charge >= 0.3 is 0 Å². The molecule has 0 N–H and O–H groups in total. The summed E-state index contributed by atoms with van der Waals surface area (Å²) in [6.45, 7) is 5.19. The molecule has 1 aliphatic heterocycles. The molecule has 0 atom stereocenters. The number of carbonyl (C=O) groups is 1. The molecule has 1 saturated carbocycles. The fourth-order valence-corrected chi connectivity index (χ4v) is 5.52. The van der Waals surface area contributed by atoms with Crippen LogP contribution in [0.3, 0.4) is 0 Å². The Hall–Kier alpha value is -2.19. The summed E-state index contributed by atoms with van der Waals surface area (Å²) in [4.78, 5) is 19.5. The van der Waals surface area contributed by atoms with Crippen molar-refractivity contribution in [3.63, 3.8) is 0 Å². The third-order valence-corrected chi connectivity index (χ3v) is 8.01. The zero-order chi connectivity index (χ0) is 21.5. The Bertz CT molecular complexity index is 998. The highest BCUT2D eigenvalue weighted by molar-refractivity contribution is 7.89. The average Bonchev–Trinajstić information content (AvgIpc) is 3.51. The van der Waals surface area contributed by atoms with Crippen LogP contribution in [0.15, 0.2) is 35.5 Å². The summed E-state index contributed by atoms with van der Waals surface area (Å²) in [6.07, 6.45) is 4.79. The van der Waals surface area contributed by atoms with Gasteiger partial charge in [-0.3, -0.25) is 4.79 Å². The number of hydrogen-bond donors (Lipinski definition) is 0. The molecule has 1 aromatic carbocycles. The first kappa shape index (κ1) is 21.1. The van der Waals surface area contributed by atoms with Crippen molar-refractivity contribution in [2.24, 2.45) is 13.0 Å². The first-order chi connectivity index (χ1) is 14.3. The maximum Gasteiger partial charge on any atom is 0.262 e. The molecular weight excluding hydrogens is 400 g/mol. The number of hydrogen-bond acceptors (Lipinski definition) is 4. The number of benzene rings is 1. The lowest BCUT2D eigenvalue weighted by molar-refractivity contribution is -0.138. The standard InChI is InChI=1S/C22H30N4O3S/c1-16-4-6-18(7-5-16)14-26(20-8-9-20)22(27)19-10-12-25(13-11-19)30(28,29)21-15-24(3)17(2)23-21/h4-7,15,19-20H,8-14H2,1-3H3. The van der Waals surface area contributed by atoms with Crippen LogP contribution < -0.4 is 0 Å². The van der Waals surface area contributed by atoms with Gasteiger partial charge in [-0.05, 0) is 45.1 Å². The Morgan fingerprint density at radius 2 is 1.73 bits per heavy atom. The van der Waals surface area contributed by atoms with E-state index in [2.05, 4.69) is 36.2 Å². The van der Waals surface area contributed by atoms with Gasteiger partial charge in [-0.2, -0.15) is 4.31 Å². The first-order valence-corrected chi connectivity index (χ1v) is 12.1. The van der Waals surface area contributed by atoms with Gasteiger partial charge in [0.1, 0.15) is 5.82 Å². The van der Waals surface area contributed by atoms with Gasteiger partial charge in [0, 0.05) is 44.8 Å². The molecule has 0 radical (unpaired) electrons. The molecule has 1 amide bonds. The highest BCUT2D eigenvalue weighted by Crippen LogP contribution is 2.32. The summed E-state index contributed by atoms with van der Waals surface area (Å²) in [5, 5.41) is 0.0891. The summed E-state index contributed by atoms with van der Waals surface area (Å²) < 4.78 is 29.0. The number of amides is 1. The second-order valence-corrected chi connectivity index (χ2v) is 10.5. The maximum absolute atomic E-state index is 13.3. The minimum atomic E-state index is -3.61. The zero-order valence-electron chi connectivity index (χ0n) is 17.9. The van der Waals surface area contributed by atoms with Crippen LogP contribution in [0.2, 0.25) is 0 Å². The summed E-state index contributed by atoms with van der Waals surface area (Å²) in [5.41, 5.74) is 2.35. The molecule has 0 unspecified atom stereocenters. The van der Waals surface area contributed by atoms with Crippen molar-refractivity contribution in [1.82, 2.24) is 18.8 Å². The lowest BCUT2D eigenvalue weighted by Gasteiger charge is -2.33. The van der Waals surface area contributed by atoms with Crippen molar-refractivity contribution in [3.05, 3.63) is 47.4 Å². The van der Waals surface area contributed by atoms with Crippen LogP contribution in [0.25, 0.3) is 0 Å². The molecule has 0 spiro atoms. The van der Waals surface area contributed by atoms with E-state index in [4.69, 9.17) is 0 Å². The number of piperidine rings is 1. The molecule has 2 heterocycles. The number of aromatic nitrogens is 2. The van der Waals surface area contributed by atoms with Crippen molar-refractivity contribution in [2.45, 2.75) is 57.1 Å². The van der Waals surface area contributed by atoms with Crippen LogP contribution >= 0.6 is 0 Å². The smallest absolute Gasteiger partial charge is 0.262 e. The van der Waals surface area contributed by atoms with Gasteiger partial charge in [0.25, 0.3) is 10.0 Å². The lowest BCUT2D eigenvalue weighted by Crippen LogP contribution is -2.44. The van der Waals surface area contributed by atoms with E-state index >= 15 is 0 Å². The van der Waals surface area contributed by atoms with Crippen molar-refractivity contribution >= 4 is 15.9 Å². The molecule has 7 nitrogen and oxygen atoms in total. The van der Waals surface area contributed by atoms with Crippen LogP contribution in [0.5, 0.6) is 0 Å². The van der Waals surface area contributed by atoms with E-state index < -0.39 is 10.0 Å². The van der Waals surface area contributed by atoms with Crippen molar-refractivity contribution in [1.29, 1.82) is 0 Å².